The van der Waals surface area contributed by atoms with Crippen LogP contribution in [-0.4, -0.2) is 16.6 Å². The molecule has 0 fully saturated rings. The molecule has 0 amide bonds. The van der Waals surface area contributed by atoms with Crippen molar-refractivity contribution in [1.82, 2.24) is 9.97 Å². The molecule has 3 nitrogen and oxygen atoms in total. The number of hydrogen-bond donors (Lipinski definition) is 1. The number of imidazole rings is 1. The van der Waals surface area contributed by atoms with Crippen LogP contribution in [0.5, 0.6) is 0 Å². The number of rotatable bonds is 5. The van der Waals surface area contributed by atoms with Crippen molar-refractivity contribution in [2.45, 2.75) is 99.3 Å². The minimum Gasteiger partial charge on any atom is -0.497 e. The third-order valence-corrected chi connectivity index (χ3v) is 5.77. The van der Waals surface area contributed by atoms with Gasteiger partial charge in [-0.05, 0) is 23.8 Å². The summed E-state index contributed by atoms with van der Waals surface area (Å²) in [5, 5.41) is 0. The molecule has 2 rings (SSSR count). The lowest BCUT2D eigenvalue weighted by atomic mass is 9.70. The van der Waals surface area contributed by atoms with Crippen LogP contribution in [0.1, 0.15) is 99.9 Å². The van der Waals surface area contributed by atoms with Crippen LogP contribution in [-0.2, 0) is 15.6 Å². The number of nitrogens with one attached hydrogen (secondary N) is 1. The highest BCUT2D eigenvalue weighted by molar-refractivity contribution is 5.28. The zero-order valence-corrected chi connectivity index (χ0v) is 18.8. The highest BCUT2D eigenvalue weighted by Crippen LogP contribution is 2.46. The van der Waals surface area contributed by atoms with E-state index in [4.69, 9.17) is 4.74 Å². The summed E-state index contributed by atoms with van der Waals surface area (Å²) in [6.07, 6.45) is 5.18. The van der Waals surface area contributed by atoms with Gasteiger partial charge in [0.2, 0.25) is 0 Å². The van der Waals surface area contributed by atoms with Crippen LogP contribution in [0.2, 0.25) is 0 Å². The van der Waals surface area contributed by atoms with Gasteiger partial charge in [0.25, 0.3) is 0 Å². The Balaban J connectivity index is 2.23. The summed E-state index contributed by atoms with van der Waals surface area (Å²) < 4.78 is 6.05. The minimum atomic E-state index is 0.0589. The Morgan fingerprint density at radius 1 is 0.885 bits per heavy atom. The van der Waals surface area contributed by atoms with Crippen molar-refractivity contribution in [1.29, 1.82) is 0 Å². The summed E-state index contributed by atoms with van der Waals surface area (Å²) in [4.78, 5) is 8.08. The summed E-state index contributed by atoms with van der Waals surface area (Å²) in [6, 6.07) is 0. The average molecular weight is 361 g/mol. The molecule has 0 spiro atoms. The molecule has 1 aliphatic rings. The second kappa shape index (κ2) is 6.73. The molecule has 0 radical (unpaired) electrons. The van der Waals surface area contributed by atoms with Gasteiger partial charge in [0.15, 0.2) is 0 Å². The minimum absolute atomic E-state index is 0.0589. The number of nitrogens with zero attached hydrogens (tertiary/aromatic N) is 1. The maximum Gasteiger partial charge on any atom is 0.101 e. The Hall–Kier alpha value is -1.25. The molecular weight excluding hydrogens is 320 g/mol. The van der Waals surface area contributed by atoms with E-state index in [9.17, 15) is 0 Å². The van der Waals surface area contributed by atoms with Crippen LogP contribution in [0.3, 0.4) is 0 Å². The van der Waals surface area contributed by atoms with Crippen molar-refractivity contribution >= 4 is 0 Å². The van der Waals surface area contributed by atoms with Crippen molar-refractivity contribution in [3.05, 3.63) is 29.0 Å². The number of H-pyrrole nitrogens is 1. The Morgan fingerprint density at radius 2 is 1.46 bits per heavy atom. The number of aromatic nitrogens is 2. The fourth-order valence-electron chi connectivity index (χ4n) is 4.05. The van der Waals surface area contributed by atoms with Crippen LogP contribution >= 0.6 is 0 Å². The van der Waals surface area contributed by atoms with E-state index in [1.165, 1.54) is 22.7 Å². The number of hydrogen-bond acceptors (Lipinski definition) is 2. The first-order chi connectivity index (χ1) is 11.7. The second-order valence-corrected chi connectivity index (χ2v) is 11.3. The largest absolute Gasteiger partial charge is 0.497 e. The van der Waals surface area contributed by atoms with Gasteiger partial charge < -0.3 is 9.72 Å². The second-order valence-electron chi connectivity index (χ2n) is 11.3. The molecule has 0 aliphatic carbocycles. The molecule has 0 saturated heterocycles. The van der Waals surface area contributed by atoms with E-state index >= 15 is 0 Å². The molecule has 0 saturated carbocycles. The van der Waals surface area contributed by atoms with Gasteiger partial charge in [-0.1, -0.05) is 69.2 Å². The van der Waals surface area contributed by atoms with E-state index in [2.05, 4.69) is 79.2 Å². The quantitative estimate of drug-likeness (QED) is 0.649. The van der Waals surface area contributed by atoms with Crippen molar-refractivity contribution in [2.24, 2.45) is 10.8 Å². The molecule has 3 heteroatoms. The zero-order chi connectivity index (χ0) is 20.0. The lowest BCUT2D eigenvalue weighted by Crippen LogP contribution is -2.28. The molecule has 1 aromatic heterocycles. The third kappa shape index (κ3) is 4.35. The number of allylic oxidation sites excluding steroid dienone is 1. The summed E-state index contributed by atoms with van der Waals surface area (Å²) in [7, 11) is 0. The summed E-state index contributed by atoms with van der Waals surface area (Å²) in [5.41, 5.74) is 4.36. The fourth-order valence-corrected chi connectivity index (χ4v) is 4.05. The summed E-state index contributed by atoms with van der Waals surface area (Å²) in [5.74, 6) is 1.22. The molecule has 0 atom stereocenters. The van der Waals surface area contributed by atoms with Gasteiger partial charge in [0.05, 0.1) is 18.6 Å². The normalized spacial score (nSPS) is 17.0. The Kier molecular flexibility index (Phi) is 5.45. The first kappa shape index (κ1) is 21.1. The SMILES string of the molecule is CC(C)(C)C1=C(C(C)(C)CCC(C)(C)c2[nH]cnc2C(C)(C)C)CCO1. The lowest BCUT2D eigenvalue weighted by Gasteiger charge is -2.35. The monoisotopic (exact) mass is 360 g/mol. The summed E-state index contributed by atoms with van der Waals surface area (Å²) >= 11 is 0. The molecule has 0 aromatic carbocycles. The van der Waals surface area contributed by atoms with Crippen molar-refractivity contribution < 1.29 is 4.74 Å². The van der Waals surface area contributed by atoms with Gasteiger partial charge in [0.1, 0.15) is 5.76 Å². The van der Waals surface area contributed by atoms with E-state index in [1.54, 1.807) is 0 Å². The molecule has 1 N–H and O–H groups in total. The molecule has 1 aliphatic heterocycles. The van der Waals surface area contributed by atoms with E-state index in [1.807, 2.05) is 6.33 Å². The predicted octanol–water partition coefficient (Wildman–Crippen LogP) is 6.51. The highest BCUT2D eigenvalue weighted by atomic mass is 16.5. The predicted molar refractivity (Wildman–Crippen MR) is 110 cm³/mol. The van der Waals surface area contributed by atoms with Gasteiger partial charge in [-0.3, -0.25) is 0 Å². The third-order valence-electron chi connectivity index (χ3n) is 5.77. The summed E-state index contributed by atoms with van der Waals surface area (Å²) in [6.45, 7) is 23.8. The van der Waals surface area contributed by atoms with Crippen LogP contribution in [0.15, 0.2) is 17.7 Å². The van der Waals surface area contributed by atoms with Gasteiger partial charge >= 0.3 is 0 Å². The van der Waals surface area contributed by atoms with Crippen molar-refractivity contribution in [2.75, 3.05) is 6.61 Å². The lowest BCUT2D eigenvalue weighted by molar-refractivity contribution is 0.177. The van der Waals surface area contributed by atoms with Crippen LogP contribution in [0.4, 0.5) is 0 Å². The van der Waals surface area contributed by atoms with Gasteiger partial charge in [0, 0.05) is 28.4 Å². The Labute approximate surface area is 161 Å². The van der Waals surface area contributed by atoms with Gasteiger partial charge in [-0.2, -0.15) is 0 Å². The maximum atomic E-state index is 6.05. The van der Waals surface area contributed by atoms with Crippen molar-refractivity contribution in [3.63, 3.8) is 0 Å². The highest BCUT2D eigenvalue weighted by Gasteiger charge is 2.38. The topological polar surface area (TPSA) is 37.9 Å². The molecule has 0 unspecified atom stereocenters. The van der Waals surface area contributed by atoms with Gasteiger partial charge in [-0.15, -0.1) is 0 Å². The number of aromatic amines is 1. The molecule has 0 bridgehead atoms. The molecule has 1 aromatic rings. The zero-order valence-electron chi connectivity index (χ0n) is 18.8. The number of ether oxygens (including phenoxy) is 1. The Bertz CT molecular complexity index is 663. The maximum absolute atomic E-state index is 6.05. The molecular formula is C23H40N2O. The molecule has 148 valence electrons. The first-order valence-corrected chi connectivity index (χ1v) is 10.1. The van der Waals surface area contributed by atoms with E-state index in [-0.39, 0.29) is 21.7 Å². The Morgan fingerprint density at radius 3 is 2.00 bits per heavy atom. The first-order valence-electron chi connectivity index (χ1n) is 10.1. The van der Waals surface area contributed by atoms with Crippen LogP contribution in [0.25, 0.3) is 0 Å². The van der Waals surface area contributed by atoms with Gasteiger partial charge in [-0.25, -0.2) is 4.98 Å². The molecule has 26 heavy (non-hydrogen) atoms. The fraction of sp³-hybridized carbons (Fsp3) is 0.783. The van der Waals surface area contributed by atoms with E-state index in [0.717, 1.165) is 25.9 Å². The average Bonchev–Trinajstić information content (AvgIpc) is 3.13. The van der Waals surface area contributed by atoms with Crippen LogP contribution < -0.4 is 0 Å². The van der Waals surface area contributed by atoms with Crippen LogP contribution in [0, 0.1) is 10.8 Å². The molecule has 2 heterocycles. The van der Waals surface area contributed by atoms with E-state index < -0.39 is 0 Å². The smallest absolute Gasteiger partial charge is 0.101 e. The standard InChI is InChI=1S/C23H40N2O/c1-20(2,3)17-18(25-15-24-17)23(9,10)13-12-22(7,8)16-11-14-26-19(16)21(4,5)6/h15H,11-14H2,1-10H3,(H,24,25). The van der Waals surface area contributed by atoms with Crippen molar-refractivity contribution in [3.8, 4) is 0 Å². The van der Waals surface area contributed by atoms with E-state index in [0.29, 0.717) is 0 Å².